The van der Waals surface area contributed by atoms with Gasteiger partial charge in [0.05, 0.1) is 22.3 Å². The van der Waals surface area contributed by atoms with E-state index in [0.29, 0.717) is 6.42 Å². The molecule has 0 aliphatic carbocycles. The summed E-state index contributed by atoms with van der Waals surface area (Å²) in [6.45, 7) is 3.88. The minimum Gasteiger partial charge on any atom is -0.299 e. The first-order chi connectivity index (χ1) is 9.00. The lowest BCUT2D eigenvalue weighted by Crippen LogP contribution is -2.14. The Morgan fingerprint density at radius 1 is 1.37 bits per heavy atom. The normalized spacial score (nSPS) is 12.4. The maximum atomic E-state index is 12.4. The van der Waals surface area contributed by atoms with Crippen molar-refractivity contribution in [1.29, 1.82) is 0 Å². The van der Waals surface area contributed by atoms with Gasteiger partial charge in [0.1, 0.15) is 5.78 Å². The van der Waals surface area contributed by atoms with E-state index >= 15 is 0 Å². The Kier molecular flexibility index (Phi) is 4.20. The van der Waals surface area contributed by atoms with Crippen LogP contribution in [0.25, 0.3) is 0 Å². The average Bonchev–Trinajstić information content (AvgIpc) is 2.65. The van der Waals surface area contributed by atoms with Gasteiger partial charge >= 0.3 is 0 Å². The summed E-state index contributed by atoms with van der Waals surface area (Å²) in [7, 11) is 1.87. The third-order valence-corrected chi connectivity index (χ3v) is 4.42. The van der Waals surface area contributed by atoms with Gasteiger partial charge in [0.25, 0.3) is 0 Å². The highest BCUT2D eigenvalue weighted by Crippen LogP contribution is 2.24. The molecule has 0 saturated carbocycles. The number of aryl methyl sites for hydroxylation is 2. The Hall–Kier alpha value is -1.42. The summed E-state index contributed by atoms with van der Waals surface area (Å²) in [5, 5.41) is 4.31. The van der Waals surface area contributed by atoms with Crippen molar-refractivity contribution in [2.75, 3.05) is 0 Å². The van der Waals surface area contributed by atoms with E-state index in [1.54, 1.807) is 4.68 Å². The number of Topliss-reactive ketones (excluding diaryl/α,β-unsaturated/α-hetero) is 1. The van der Waals surface area contributed by atoms with Gasteiger partial charge < -0.3 is 0 Å². The van der Waals surface area contributed by atoms with E-state index in [1.807, 2.05) is 51.2 Å². The summed E-state index contributed by atoms with van der Waals surface area (Å²) in [5.74, 6) is 0.109. The van der Waals surface area contributed by atoms with E-state index in [2.05, 4.69) is 21.0 Å². The van der Waals surface area contributed by atoms with Crippen LogP contribution in [0.3, 0.4) is 0 Å². The van der Waals surface area contributed by atoms with E-state index in [4.69, 9.17) is 0 Å². The van der Waals surface area contributed by atoms with Crippen LogP contribution in [0.15, 0.2) is 34.8 Å². The zero-order valence-electron chi connectivity index (χ0n) is 11.4. The quantitative estimate of drug-likeness (QED) is 0.865. The molecule has 0 fully saturated rings. The van der Waals surface area contributed by atoms with Crippen LogP contribution in [-0.4, -0.2) is 15.6 Å². The van der Waals surface area contributed by atoms with Crippen molar-refractivity contribution in [2.24, 2.45) is 7.05 Å². The van der Waals surface area contributed by atoms with Gasteiger partial charge in [-0.3, -0.25) is 9.48 Å². The number of carbonyl (C=O) groups is 1. The number of ketones is 1. The molecule has 4 heteroatoms. The molecule has 0 saturated heterocycles. The molecule has 2 aromatic rings. The summed E-state index contributed by atoms with van der Waals surface area (Å²) in [6.07, 6.45) is 0.397. The van der Waals surface area contributed by atoms with Crippen LogP contribution in [0.5, 0.6) is 0 Å². The van der Waals surface area contributed by atoms with Crippen molar-refractivity contribution in [3.8, 4) is 0 Å². The lowest BCUT2D eigenvalue weighted by Gasteiger charge is -2.11. The lowest BCUT2D eigenvalue weighted by atomic mass is 9.94. The second-order valence-electron chi connectivity index (χ2n) is 4.75. The lowest BCUT2D eigenvalue weighted by molar-refractivity contribution is -0.119. The van der Waals surface area contributed by atoms with Crippen molar-refractivity contribution in [3.63, 3.8) is 0 Å². The second kappa shape index (κ2) is 5.70. The van der Waals surface area contributed by atoms with E-state index in [0.717, 1.165) is 21.4 Å². The van der Waals surface area contributed by atoms with Crippen LogP contribution in [0.2, 0.25) is 0 Å². The number of halogens is 1. The molecule has 0 bridgehead atoms. The van der Waals surface area contributed by atoms with E-state index in [-0.39, 0.29) is 11.7 Å². The predicted octanol–water partition coefficient (Wildman–Crippen LogP) is 3.41. The van der Waals surface area contributed by atoms with Crippen molar-refractivity contribution >= 4 is 21.7 Å². The first-order valence-corrected chi connectivity index (χ1v) is 7.05. The zero-order chi connectivity index (χ0) is 14.0. The van der Waals surface area contributed by atoms with Gasteiger partial charge in [-0.05, 0) is 28.4 Å². The minimum absolute atomic E-state index is 0.0942. The Morgan fingerprint density at radius 2 is 2.00 bits per heavy atom. The zero-order valence-corrected chi connectivity index (χ0v) is 12.9. The van der Waals surface area contributed by atoms with Gasteiger partial charge in [-0.15, -0.1) is 0 Å². The highest BCUT2D eigenvalue weighted by molar-refractivity contribution is 9.10. The molecule has 1 unspecified atom stereocenters. The molecule has 2 rings (SSSR count). The molecule has 0 N–H and O–H groups in total. The summed E-state index contributed by atoms with van der Waals surface area (Å²) < 4.78 is 2.71. The molecule has 0 radical (unpaired) electrons. The molecule has 1 heterocycles. The van der Waals surface area contributed by atoms with Crippen molar-refractivity contribution in [1.82, 2.24) is 9.78 Å². The third kappa shape index (κ3) is 2.95. The average molecular weight is 321 g/mol. The van der Waals surface area contributed by atoms with Gasteiger partial charge in [-0.25, -0.2) is 0 Å². The van der Waals surface area contributed by atoms with Crippen LogP contribution < -0.4 is 0 Å². The highest BCUT2D eigenvalue weighted by Gasteiger charge is 2.19. The number of nitrogens with zero attached hydrogens (tertiary/aromatic N) is 2. The minimum atomic E-state index is -0.0942. The molecular weight excluding hydrogens is 304 g/mol. The molecule has 1 aromatic carbocycles. The van der Waals surface area contributed by atoms with E-state index < -0.39 is 0 Å². The van der Waals surface area contributed by atoms with Gasteiger partial charge in [0.15, 0.2) is 0 Å². The molecule has 100 valence electrons. The Labute approximate surface area is 121 Å². The fourth-order valence-corrected chi connectivity index (χ4v) is 2.59. The Bertz CT molecular complexity index is 590. The van der Waals surface area contributed by atoms with Gasteiger partial charge in [0, 0.05) is 13.0 Å². The monoisotopic (exact) mass is 320 g/mol. The van der Waals surface area contributed by atoms with Gasteiger partial charge in [-0.2, -0.15) is 5.10 Å². The first kappa shape index (κ1) is 14.0. The molecule has 0 aliphatic heterocycles. The summed E-state index contributed by atoms with van der Waals surface area (Å²) in [6, 6.07) is 9.87. The number of benzene rings is 1. The Balaban J connectivity index is 2.18. The molecule has 0 amide bonds. The fraction of sp³-hybridized carbons (Fsp3) is 0.333. The molecule has 0 aliphatic rings. The fourth-order valence-electron chi connectivity index (χ4n) is 2.12. The summed E-state index contributed by atoms with van der Waals surface area (Å²) in [4.78, 5) is 12.4. The van der Waals surface area contributed by atoms with Crippen LogP contribution in [-0.2, 0) is 18.3 Å². The summed E-state index contributed by atoms with van der Waals surface area (Å²) in [5.41, 5.74) is 2.91. The van der Waals surface area contributed by atoms with Gasteiger partial charge in [-0.1, -0.05) is 37.3 Å². The Morgan fingerprint density at radius 3 is 2.53 bits per heavy atom. The maximum Gasteiger partial charge on any atom is 0.146 e. The molecule has 1 atom stereocenters. The summed E-state index contributed by atoms with van der Waals surface area (Å²) >= 11 is 3.50. The first-order valence-electron chi connectivity index (χ1n) is 6.26. The van der Waals surface area contributed by atoms with Crippen LogP contribution in [0.1, 0.15) is 29.8 Å². The topological polar surface area (TPSA) is 34.9 Å². The van der Waals surface area contributed by atoms with Crippen LogP contribution in [0.4, 0.5) is 0 Å². The number of carbonyl (C=O) groups excluding carboxylic acids is 1. The predicted molar refractivity (Wildman–Crippen MR) is 79.2 cm³/mol. The van der Waals surface area contributed by atoms with E-state index in [1.165, 1.54) is 0 Å². The molecule has 19 heavy (non-hydrogen) atoms. The van der Waals surface area contributed by atoms with Crippen LogP contribution in [0, 0.1) is 6.92 Å². The smallest absolute Gasteiger partial charge is 0.146 e. The van der Waals surface area contributed by atoms with Crippen molar-refractivity contribution in [2.45, 2.75) is 26.2 Å². The number of aromatic nitrogens is 2. The standard InChI is InChI=1S/C15H17BrN2O/c1-10(12-7-5-4-6-8-12)14(19)9-13-15(16)11(2)17-18(13)3/h4-8,10H,9H2,1-3H3. The molecule has 3 nitrogen and oxygen atoms in total. The third-order valence-electron chi connectivity index (χ3n) is 3.39. The number of rotatable bonds is 4. The SMILES string of the molecule is Cc1nn(C)c(CC(=O)C(C)c2ccccc2)c1Br. The highest BCUT2D eigenvalue weighted by atomic mass is 79.9. The largest absolute Gasteiger partial charge is 0.299 e. The van der Waals surface area contributed by atoms with Crippen LogP contribution >= 0.6 is 15.9 Å². The van der Waals surface area contributed by atoms with E-state index in [9.17, 15) is 4.79 Å². The maximum absolute atomic E-state index is 12.4. The van der Waals surface area contributed by atoms with Crippen molar-refractivity contribution in [3.05, 3.63) is 51.8 Å². The molecule has 1 aromatic heterocycles. The number of hydrogen-bond acceptors (Lipinski definition) is 2. The van der Waals surface area contributed by atoms with Gasteiger partial charge in [0.2, 0.25) is 0 Å². The second-order valence-corrected chi connectivity index (χ2v) is 5.54. The molecular formula is C15H17BrN2O. The molecule has 0 spiro atoms. The van der Waals surface area contributed by atoms with Crippen molar-refractivity contribution < 1.29 is 4.79 Å². The number of hydrogen-bond donors (Lipinski definition) is 0.